The Balaban J connectivity index is 2.22. The molecule has 0 fully saturated rings. The highest BCUT2D eigenvalue weighted by Crippen LogP contribution is 2.21. The number of carbonyl (C=O) groups is 1. The molecule has 0 saturated carbocycles. The van der Waals surface area contributed by atoms with Crippen LogP contribution in [0.4, 0.5) is 0 Å². The largest absolute Gasteiger partial charge is 0.477 e. The summed E-state index contributed by atoms with van der Waals surface area (Å²) in [6.45, 7) is 0. The van der Waals surface area contributed by atoms with E-state index in [1.54, 1.807) is 24.5 Å². The van der Waals surface area contributed by atoms with Crippen molar-refractivity contribution < 1.29 is 9.90 Å². The van der Waals surface area contributed by atoms with Crippen LogP contribution < -0.4 is 0 Å². The lowest BCUT2D eigenvalue weighted by Crippen LogP contribution is -1.99. The number of nitrogens with zero attached hydrogens (tertiary/aromatic N) is 2. The van der Waals surface area contributed by atoms with E-state index in [2.05, 4.69) is 15.0 Å². The lowest BCUT2D eigenvalue weighted by Gasteiger charge is -1.98. The molecule has 0 bridgehead atoms. The minimum atomic E-state index is -1.03. The van der Waals surface area contributed by atoms with E-state index in [1.165, 1.54) is 17.8 Å². The highest BCUT2D eigenvalue weighted by molar-refractivity contribution is 7.99. The van der Waals surface area contributed by atoms with Crippen molar-refractivity contribution >= 4 is 17.7 Å². The molecule has 2 heterocycles. The zero-order valence-corrected chi connectivity index (χ0v) is 8.36. The quantitative estimate of drug-likeness (QED) is 0.823. The molecule has 0 aliphatic heterocycles. The van der Waals surface area contributed by atoms with Crippen molar-refractivity contribution in [2.45, 2.75) is 10.2 Å². The summed E-state index contributed by atoms with van der Waals surface area (Å²) in [5.41, 5.74) is 0.0338. The minimum Gasteiger partial charge on any atom is -0.477 e. The second kappa shape index (κ2) is 4.14. The van der Waals surface area contributed by atoms with E-state index in [-0.39, 0.29) is 5.69 Å². The molecule has 0 aliphatic rings. The van der Waals surface area contributed by atoms with E-state index < -0.39 is 5.97 Å². The second-order valence-corrected chi connectivity index (χ2v) is 3.67. The van der Waals surface area contributed by atoms with E-state index in [0.717, 1.165) is 0 Å². The molecule has 0 radical (unpaired) electrons. The van der Waals surface area contributed by atoms with Gasteiger partial charge in [-0.15, -0.1) is 0 Å². The molecule has 2 N–H and O–H groups in total. The van der Waals surface area contributed by atoms with Gasteiger partial charge in [0.2, 0.25) is 0 Å². The number of aromatic carboxylic acids is 1. The fourth-order valence-electron chi connectivity index (χ4n) is 0.996. The number of H-pyrrole nitrogens is 1. The standard InChI is InChI=1S/C9H7N3O2S/c13-8(14)6-2-1-3-7(12-6)15-9-10-4-5-11-9/h1-5H,(H,10,11)(H,13,14). The predicted octanol–water partition coefficient (Wildman–Crippen LogP) is 1.65. The van der Waals surface area contributed by atoms with Crippen LogP contribution in [0.15, 0.2) is 40.8 Å². The summed E-state index contributed by atoms with van der Waals surface area (Å²) >= 11 is 1.28. The molecule has 15 heavy (non-hydrogen) atoms. The highest BCUT2D eigenvalue weighted by atomic mass is 32.2. The number of pyridine rings is 1. The summed E-state index contributed by atoms with van der Waals surface area (Å²) < 4.78 is 0. The van der Waals surface area contributed by atoms with Crippen molar-refractivity contribution in [3.8, 4) is 0 Å². The van der Waals surface area contributed by atoms with Crippen molar-refractivity contribution in [1.29, 1.82) is 0 Å². The highest BCUT2D eigenvalue weighted by Gasteiger charge is 2.06. The number of nitrogens with one attached hydrogen (secondary N) is 1. The maximum atomic E-state index is 10.7. The van der Waals surface area contributed by atoms with Crippen LogP contribution >= 0.6 is 11.8 Å². The van der Waals surface area contributed by atoms with Gasteiger partial charge in [-0.05, 0) is 23.9 Å². The van der Waals surface area contributed by atoms with Gasteiger partial charge in [-0.1, -0.05) is 6.07 Å². The van der Waals surface area contributed by atoms with E-state index in [1.807, 2.05) is 0 Å². The summed E-state index contributed by atoms with van der Waals surface area (Å²) in [6, 6.07) is 4.84. The van der Waals surface area contributed by atoms with Crippen LogP contribution in [0, 0.1) is 0 Å². The summed E-state index contributed by atoms with van der Waals surface area (Å²) in [6.07, 6.45) is 3.33. The fraction of sp³-hybridized carbons (Fsp3) is 0. The Bertz CT molecular complexity index is 470. The molecule has 0 saturated heterocycles. The number of rotatable bonds is 3. The molecule has 0 spiro atoms. The maximum absolute atomic E-state index is 10.7. The normalized spacial score (nSPS) is 10.1. The Hall–Kier alpha value is -1.82. The van der Waals surface area contributed by atoms with Gasteiger partial charge < -0.3 is 10.1 Å². The zero-order valence-electron chi connectivity index (χ0n) is 7.54. The second-order valence-electron chi connectivity index (χ2n) is 2.66. The van der Waals surface area contributed by atoms with Gasteiger partial charge in [0.25, 0.3) is 0 Å². The number of imidazole rings is 1. The molecule has 6 heteroatoms. The third-order valence-electron chi connectivity index (χ3n) is 1.62. The summed E-state index contributed by atoms with van der Waals surface area (Å²) in [5, 5.41) is 10.0. The van der Waals surface area contributed by atoms with Gasteiger partial charge >= 0.3 is 5.97 Å². The number of carboxylic acids is 1. The van der Waals surface area contributed by atoms with Crippen molar-refractivity contribution in [3.05, 3.63) is 36.3 Å². The van der Waals surface area contributed by atoms with E-state index in [4.69, 9.17) is 5.11 Å². The lowest BCUT2D eigenvalue weighted by atomic mass is 10.4. The number of hydrogen-bond donors (Lipinski definition) is 2. The maximum Gasteiger partial charge on any atom is 0.354 e. The van der Waals surface area contributed by atoms with Gasteiger partial charge in [-0.25, -0.2) is 14.8 Å². The molecule has 5 nitrogen and oxygen atoms in total. The summed E-state index contributed by atoms with van der Waals surface area (Å²) in [4.78, 5) is 21.5. The number of aromatic nitrogens is 3. The number of carboxylic acid groups (broad SMARTS) is 1. The third kappa shape index (κ3) is 2.35. The molecule has 2 aromatic rings. The topological polar surface area (TPSA) is 78.9 Å². The number of aromatic amines is 1. The summed E-state index contributed by atoms with van der Waals surface area (Å²) in [7, 11) is 0. The molecule has 0 amide bonds. The third-order valence-corrected chi connectivity index (χ3v) is 2.47. The molecular weight excluding hydrogens is 214 g/mol. The van der Waals surface area contributed by atoms with E-state index in [0.29, 0.717) is 10.2 Å². The molecule has 2 rings (SSSR count). The SMILES string of the molecule is O=C(O)c1cccc(Sc2ncc[nH]2)n1. The van der Waals surface area contributed by atoms with E-state index in [9.17, 15) is 4.79 Å². The predicted molar refractivity (Wildman–Crippen MR) is 53.9 cm³/mol. The van der Waals surface area contributed by atoms with Gasteiger partial charge in [0.15, 0.2) is 5.16 Å². The molecule has 76 valence electrons. The van der Waals surface area contributed by atoms with Crippen LogP contribution in [0.3, 0.4) is 0 Å². The Kier molecular flexibility index (Phi) is 2.68. The van der Waals surface area contributed by atoms with Crippen molar-refractivity contribution in [3.63, 3.8) is 0 Å². The van der Waals surface area contributed by atoms with Gasteiger partial charge in [0.1, 0.15) is 10.7 Å². The van der Waals surface area contributed by atoms with Crippen molar-refractivity contribution in [2.24, 2.45) is 0 Å². The smallest absolute Gasteiger partial charge is 0.354 e. The van der Waals surface area contributed by atoms with Crippen LogP contribution in [-0.2, 0) is 0 Å². The van der Waals surface area contributed by atoms with Crippen molar-refractivity contribution in [2.75, 3.05) is 0 Å². The molecular formula is C9H7N3O2S. The van der Waals surface area contributed by atoms with Crippen LogP contribution in [-0.4, -0.2) is 26.0 Å². The van der Waals surface area contributed by atoms with Crippen LogP contribution in [0.2, 0.25) is 0 Å². The molecule has 0 aromatic carbocycles. The first-order valence-electron chi connectivity index (χ1n) is 4.13. The minimum absolute atomic E-state index is 0.0338. The lowest BCUT2D eigenvalue weighted by molar-refractivity contribution is 0.0689. The Morgan fingerprint density at radius 1 is 1.47 bits per heavy atom. The van der Waals surface area contributed by atoms with Crippen LogP contribution in [0.5, 0.6) is 0 Å². The first-order valence-corrected chi connectivity index (χ1v) is 4.95. The Morgan fingerprint density at radius 3 is 3.00 bits per heavy atom. The molecule has 0 unspecified atom stereocenters. The van der Waals surface area contributed by atoms with Crippen molar-refractivity contribution in [1.82, 2.24) is 15.0 Å². The van der Waals surface area contributed by atoms with Gasteiger partial charge in [-0.2, -0.15) is 0 Å². The molecule has 2 aromatic heterocycles. The Morgan fingerprint density at radius 2 is 2.33 bits per heavy atom. The summed E-state index contributed by atoms with van der Waals surface area (Å²) in [5.74, 6) is -1.03. The van der Waals surface area contributed by atoms with Crippen LogP contribution in [0.1, 0.15) is 10.5 Å². The van der Waals surface area contributed by atoms with Crippen LogP contribution in [0.25, 0.3) is 0 Å². The molecule has 0 aliphatic carbocycles. The monoisotopic (exact) mass is 221 g/mol. The first kappa shape index (κ1) is 9.72. The number of hydrogen-bond acceptors (Lipinski definition) is 4. The van der Waals surface area contributed by atoms with Gasteiger partial charge in [0.05, 0.1) is 0 Å². The van der Waals surface area contributed by atoms with E-state index >= 15 is 0 Å². The zero-order chi connectivity index (χ0) is 10.7. The van der Waals surface area contributed by atoms with Gasteiger partial charge in [-0.3, -0.25) is 0 Å². The fourth-order valence-corrected chi connectivity index (χ4v) is 1.73. The first-order chi connectivity index (χ1) is 7.25. The average Bonchev–Trinajstić information content (AvgIpc) is 2.71. The van der Waals surface area contributed by atoms with Gasteiger partial charge in [0, 0.05) is 12.4 Å². The average molecular weight is 221 g/mol. The molecule has 0 atom stereocenters. The Labute approximate surface area is 89.6 Å².